The van der Waals surface area contributed by atoms with Gasteiger partial charge < -0.3 is 0 Å². The van der Waals surface area contributed by atoms with E-state index in [2.05, 4.69) is 57.7 Å². The van der Waals surface area contributed by atoms with Crippen molar-refractivity contribution < 1.29 is 0 Å². The van der Waals surface area contributed by atoms with Gasteiger partial charge in [0.15, 0.2) is 23.3 Å². The number of allylic oxidation sites excluding steroid dienone is 1. The maximum Gasteiger partial charge on any atom is 0.238 e. The minimum atomic E-state index is 0.531. The Morgan fingerprint density at radius 2 is 0.804 bits per heavy atom. The summed E-state index contributed by atoms with van der Waals surface area (Å²) >= 11 is 0. The third-order valence-electron chi connectivity index (χ3n) is 10.5. The fourth-order valence-corrected chi connectivity index (χ4v) is 7.97. The van der Waals surface area contributed by atoms with Crippen LogP contribution >= 0.6 is 0 Å². The number of nitrogens with zero attached hydrogens (tertiary/aromatic N) is 8. The van der Waals surface area contributed by atoms with Crippen molar-refractivity contribution in [2.75, 3.05) is 0 Å². The smallest absolute Gasteiger partial charge is 0.238 e. The minimum absolute atomic E-state index is 0.531. The molecule has 264 valence electrons. The van der Waals surface area contributed by atoms with E-state index in [1.165, 1.54) is 5.56 Å². The molecule has 8 heteroatoms. The molecule has 56 heavy (non-hydrogen) atoms. The van der Waals surface area contributed by atoms with Gasteiger partial charge in [-0.05, 0) is 18.9 Å². The molecule has 0 saturated heterocycles. The molecule has 0 bridgehead atoms. The van der Waals surface area contributed by atoms with Gasteiger partial charge in [-0.1, -0.05) is 164 Å². The predicted molar refractivity (Wildman–Crippen MR) is 223 cm³/mol. The normalized spacial score (nSPS) is 12.4. The molecule has 6 aromatic carbocycles. The highest BCUT2D eigenvalue weighted by Gasteiger charge is 2.27. The highest BCUT2D eigenvalue weighted by Crippen LogP contribution is 2.42. The average Bonchev–Trinajstić information content (AvgIpc) is 3.81. The van der Waals surface area contributed by atoms with Crippen LogP contribution in [0.4, 0.5) is 0 Å². The molecule has 0 fully saturated rings. The van der Waals surface area contributed by atoms with Gasteiger partial charge in [0.1, 0.15) is 0 Å². The third-order valence-corrected chi connectivity index (χ3v) is 10.5. The van der Waals surface area contributed by atoms with E-state index in [1.807, 2.05) is 121 Å². The predicted octanol–water partition coefficient (Wildman–Crippen LogP) is 10.7. The van der Waals surface area contributed by atoms with Crippen molar-refractivity contribution >= 4 is 38.8 Å². The first-order valence-corrected chi connectivity index (χ1v) is 18.8. The first-order valence-electron chi connectivity index (χ1n) is 18.8. The summed E-state index contributed by atoms with van der Waals surface area (Å²) in [5.41, 5.74) is 8.94. The van der Waals surface area contributed by atoms with Crippen LogP contribution in [0.15, 0.2) is 164 Å². The van der Waals surface area contributed by atoms with E-state index >= 15 is 0 Å². The summed E-state index contributed by atoms with van der Waals surface area (Å²) in [6.45, 7) is 0. The van der Waals surface area contributed by atoms with Crippen LogP contribution in [0.25, 0.3) is 96.2 Å². The zero-order chi connectivity index (χ0) is 37.0. The molecule has 0 N–H and O–H groups in total. The molecule has 0 saturated carbocycles. The van der Waals surface area contributed by atoms with E-state index in [4.69, 9.17) is 29.9 Å². The number of rotatable bonds is 6. The quantitative estimate of drug-likeness (QED) is 0.170. The molecule has 0 unspecified atom stereocenters. The first kappa shape index (κ1) is 31.9. The number of benzene rings is 6. The number of hydrogen-bond donors (Lipinski definition) is 0. The maximum absolute atomic E-state index is 5.27. The lowest BCUT2D eigenvalue weighted by Crippen LogP contribution is -2.11. The van der Waals surface area contributed by atoms with Gasteiger partial charge in [0, 0.05) is 49.7 Å². The van der Waals surface area contributed by atoms with E-state index in [0.717, 1.165) is 73.5 Å². The maximum atomic E-state index is 5.27. The molecule has 1 aliphatic carbocycles. The van der Waals surface area contributed by atoms with Crippen molar-refractivity contribution in [3.05, 3.63) is 175 Å². The Morgan fingerprint density at radius 1 is 0.375 bits per heavy atom. The molecule has 4 aromatic heterocycles. The number of para-hydroxylation sites is 1. The Hall–Kier alpha value is -7.58. The van der Waals surface area contributed by atoms with Crippen LogP contribution in [0, 0.1) is 0 Å². The summed E-state index contributed by atoms with van der Waals surface area (Å²) in [5, 5.41) is 3.28. The van der Waals surface area contributed by atoms with Crippen LogP contribution in [0.1, 0.15) is 17.7 Å². The highest BCUT2D eigenvalue weighted by atomic mass is 15.2. The van der Waals surface area contributed by atoms with Crippen LogP contribution in [0.5, 0.6) is 0 Å². The molecule has 8 nitrogen and oxygen atoms in total. The van der Waals surface area contributed by atoms with Crippen LogP contribution in [-0.2, 0) is 6.42 Å². The van der Waals surface area contributed by atoms with Crippen molar-refractivity contribution in [1.82, 2.24) is 39.0 Å². The lowest BCUT2D eigenvalue weighted by molar-refractivity contribution is 0.838. The van der Waals surface area contributed by atoms with Crippen molar-refractivity contribution in [2.24, 2.45) is 0 Å². The number of fused-ring (bicyclic) bond motifs is 7. The molecular weight excluding hydrogens is 689 g/mol. The molecule has 0 atom stereocenters. The van der Waals surface area contributed by atoms with Gasteiger partial charge in [-0.15, -0.1) is 0 Å². The average molecular weight is 721 g/mol. The topological polar surface area (TPSA) is 87.2 Å². The Morgan fingerprint density at radius 3 is 1.32 bits per heavy atom. The lowest BCUT2D eigenvalue weighted by atomic mass is 10.0. The molecule has 0 aliphatic heterocycles. The van der Waals surface area contributed by atoms with Crippen molar-refractivity contribution in [3.8, 4) is 57.4 Å². The van der Waals surface area contributed by atoms with E-state index in [9.17, 15) is 0 Å². The molecule has 0 radical (unpaired) electrons. The van der Waals surface area contributed by atoms with Gasteiger partial charge in [-0.3, -0.25) is 9.13 Å². The fraction of sp³-hybridized carbons (Fsp3) is 0.0417. The summed E-state index contributed by atoms with van der Waals surface area (Å²) in [6.07, 6.45) is 6.25. The Bertz CT molecular complexity index is 3000. The molecule has 10 aromatic rings. The fourth-order valence-electron chi connectivity index (χ4n) is 7.97. The van der Waals surface area contributed by atoms with E-state index in [-0.39, 0.29) is 0 Å². The minimum Gasteiger partial charge on any atom is -0.279 e. The molecule has 11 rings (SSSR count). The lowest BCUT2D eigenvalue weighted by Gasteiger charge is -2.15. The van der Waals surface area contributed by atoms with Crippen LogP contribution < -0.4 is 0 Å². The van der Waals surface area contributed by atoms with Gasteiger partial charge in [-0.2, -0.15) is 19.9 Å². The SMILES string of the molecule is C1=Cc2c(n(-c3nc(-c4ccccc4)nc(-c4ccccc4)n3)c3c2ccc2c4ccccc4n(-c4nc(-c5ccccc5)nc(-c5ccccc5)n4)c23)CC1. The zero-order valence-electron chi connectivity index (χ0n) is 30.2. The summed E-state index contributed by atoms with van der Waals surface area (Å²) in [7, 11) is 0. The van der Waals surface area contributed by atoms with E-state index < -0.39 is 0 Å². The van der Waals surface area contributed by atoms with Gasteiger partial charge in [0.2, 0.25) is 11.9 Å². The zero-order valence-corrected chi connectivity index (χ0v) is 30.2. The van der Waals surface area contributed by atoms with Gasteiger partial charge in [-0.25, -0.2) is 9.97 Å². The van der Waals surface area contributed by atoms with E-state index in [1.54, 1.807) is 0 Å². The summed E-state index contributed by atoms with van der Waals surface area (Å²) in [6, 6.07) is 53.5. The number of aromatic nitrogens is 8. The van der Waals surface area contributed by atoms with Crippen molar-refractivity contribution in [2.45, 2.75) is 12.8 Å². The largest absolute Gasteiger partial charge is 0.279 e. The summed E-state index contributed by atoms with van der Waals surface area (Å²) in [5.74, 6) is 3.52. The molecule has 4 heterocycles. The van der Waals surface area contributed by atoms with Gasteiger partial charge in [0.25, 0.3) is 0 Å². The van der Waals surface area contributed by atoms with Crippen LogP contribution in [0.3, 0.4) is 0 Å². The second kappa shape index (κ2) is 13.1. The van der Waals surface area contributed by atoms with Crippen LogP contribution in [-0.4, -0.2) is 39.0 Å². The highest BCUT2D eigenvalue weighted by molar-refractivity contribution is 6.19. The second-order valence-electron chi connectivity index (χ2n) is 13.9. The molecule has 0 amide bonds. The summed E-state index contributed by atoms with van der Waals surface area (Å²) < 4.78 is 4.47. The van der Waals surface area contributed by atoms with Crippen molar-refractivity contribution in [3.63, 3.8) is 0 Å². The second-order valence-corrected chi connectivity index (χ2v) is 13.9. The van der Waals surface area contributed by atoms with Gasteiger partial charge in [0.05, 0.1) is 16.6 Å². The van der Waals surface area contributed by atoms with Gasteiger partial charge >= 0.3 is 0 Å². The van der Waals surface area contributed by atoms with Crippen LogP contribution in [0.2, 0.25) is 0 Å². The Labute approximate surface area is 322 Å². The standard InChI is InChI=1S/C48H32N8/c1-5-17-31(18-6-1)43-49-44(32-19-7-2-8-20-32)52-47(51-43)55-39-27-15-13-25-35(39)37-29-30-38-36-26-14-16-28-40(36)56(42(38)41(37)55)48-53-45(33-21-9-3-10-22-33)50-46(54-48)34-23-11-4-12-24-34/h1-15,17-27,29-30H,16,28H2. The van der Waals surface area contributed by atoms with Crippen molar-refractivity contribution in [1.29, 1.82) is 0 Å². The molecule has 1 aliphatic rings. The first-order chi connectivity index (χ1) is 27.8. The Balaban J connectivity index is 1.28. The van der Waals surface area contributed by atoms with E-state index in [0.29, 0.717) is 35.2 Å². The third kappa shape index (κ3) is 5.22. The number of hydrogen-bond acceptors (Lipinski definition) is 6. The Kier molecular flexibility index (Phi) is 7.45. The monoisotopic (exact) mass is 720 g/mol. The molecule has 0 spiro atoms. The molecular formula is C48H32N8. The summed E-state index contributed by atoms with van der Waals surface area (Å²) in [4.78, 5) is 31.1.